The number of aromatic amines is 1. The Morgan fingerprint density at radius 3 is 2.52 bits per heavy atom. The zero-order chi connectivity index (χ0) is 18.4. The maximum absolute atomic E-state index is 12.4. The summed E-state index contributed by atoms with van der Waals surface area (Å²) in [4.78, 5) is 39.2. The van der Waals surface area contributed by atoms with Crippen molar-refractivity contribution in [2.24, 2.45) is 0 Å². The third-order valence-electron chi connectivity index (χ3n) is 4.93. The average molecular weight is 395 g/mol. The van der Waals surface area contributed by atoms with Crippen molar-refractivity contribution in [1.29, 1.82) is 0 Å². The van der Waals surface area contributed by atoms with Crippen molar-refractivity contribution >= 4 is 29.2 Å². The van der Waals surface area contributed by atoms with Crippen LogP contribution in [-0.2, 0) is 11.3 Å². The highest BCUT2D eigenvalue weighted by molar-refractivity contribution is 5.85. The number of rotatable bonds is 6. The normalized spacial score (nSPS) is 15.1. The van der Waals surface area contributed by atoms with Crippen LogP contribution >= 0.6 is 12.4 Å². The van der Waals surface area contributed by atoms with Crippen molar-refractivity contribution < 1.29 is 4.79 Å². The number of H-pyrrole nitrogens is 1. The maximum atomic E-state index is 12.4. The molecule has 0 atom stereocenters. The molecule has 1 amide bonds. The molecule has 8 heteroatoms. The monoisotopic (exact) mass is 394 g/mol. The number of amides is 1. The molecule has 27 heavy (non-hydrogen) atoms. The predicted octanol–water partition coefficient (Wildman–Crippen LogP) is 1.54. The van der Waals surface area contributed by atoms with Crippen LogP contribution in [0.2, 0.25) is 0 Å². The molecule has 0 bridgehead atoms. The van der Waals surface area contributed by atoms with Crippen LogP contribution in [0.1, 0.15) is 38.5 Å². The smallest absolute Gasteiger partial charge is 0.329 e. The van der Waals surface area contributed by atoms with Crippen LogP contribution in [0.4, 0.5) is 0 Å². The van der Waals surface area contributed by atoms with Gasteiger partial charge in [0, 0.05) is 19.1 Å². The molecule has 0 unspecified atom stereocenters. The van der Waals surface area contributed by atoms with E-state index >= 15 is 0 Å². The Hall–Kier alpha value is -2.12. The summed E-state index contributed by atoms with van der Waals surface area (Å²) in [5.74, 6) is -0.337. The number of carbonyl (C=O) groups excluding carboxylic acids is 1. The van der Waals surface area contributed by atoms with Crippen molar-refractivity contribution in [3.05, 3.63) is 45.1 Å². The lowest BCUT2D eigenvalue weighted by atomic mass is 10.1. The molecule has 7 nitrogen and oxygen atoms in total. The summed E-state index contributed by atoms with van der Waals surface area (Å²) < 4.78 is 0.941. The standard InChI is InChI=1S/C19H26N4O3.ClH/c24-17(21-12-11-20-14-7-3-1-2-4-8-14)13-23-18(25)15-9-5-6-10-16(15)22-19(23)26;/h5-6,9-10,14,20H,1-4,7-8,11-13H2,(H,21,24)(H,22,26);1H. The lowest BCUT2D eigenvalue weighted by molar-refractivity contribution is -0.121. The molecule has 1 fully saturated rings. The van der Waals surface area contributed by atoms with Gasteiger partial charge >= 0.3 is 5.69 Å². The Morgan fingerprint density at radius 2 is 1.78 bits per heavy atom. The maximum Gasteiger partial charge on any atom is 0.329 e. The van der Waals surface area contributed by atoms with E-state index in [1.165, 1.54) is 38.5 Å². The number of aromatic nitrogens is 2. The summed E-state index contributed by atoms with van der Waals surface area (Å²) in [6.07, 6.45) is 7.52. The fourth-order valence-electron chi connectivity index (χ4n) is 3.50. The molecule has 1 aliphatic rings. The van der Waals surface area contributed by atoms with E-state index in [2.05, 4.69) is 15.6 Å². The van der Waals surface area contributed by atoms with Crippen molar-refractivity contribution in [1.82, 2.24) is 20.2 Å². The quantitative estimate of drug-likeness (QED) is 0.511. The molecule has 0 aliphatic heterocycles. The van der Waals surface area contributed by atoms with Gasteiger partial charge in [0.15, 0.2) is 0 Å². The van der Waals surface area contributed by atoms with Crippen LogP contribution in [0.15, 0.2) is 33.9 Å². The second-order valence-corrected chi connectivity index (χ2v) is 6.86. The van der Waals surface area contributed by atoms with Crippen LogP contribution in [0.3, 0.4) is 0 Å². The molecule has 3 rings (SSSR count). The number of carbonyl (C=O) groups is 1. The summed E-state index contributed by atoms with van der Waals surface area (Å²) in [7, 11) is 0. The molecule has 3 N–H and O–H groups in total. The van der Waals surface area contributed by atoms with Crippen molar-refractivity contribution in [2.45, 2.75) is 51.1 Å². The van der Waals surface area contributed by atoms with E-state index in [0.29, 0.717) is 30.0 Å². The molecule has 148 valence electrons. The number of halogens is 1. The fraction of sp³-hybridized carbons (Fsp3) is 0.526. The lowest BCUT2D eigenvalue weighted by Crippen LogP contribution is -2.42. The van der Waals surface area contributed by atoms with Gasteiger partial charge in [0.2, 0.25) is 5.91 Å². The minimum atomic E-state index is -0.569. The lowest BCUT2D eigenvalue weighted by Gasteiger charge is -2.16. The first-order chi connectivity index (χ1) is 12.6. The highest BCUT2D eigenvalue weighted by Gasteiger charge is 2.12. The summed E-state index contributed by atoms with van der Waals surface area (Å²) in [6, 6.07) is 7.31. The molecule has 1 aromatic carbocycles. The van der Waals surface area contributed by atoms with E-state index in [1.807, 2.05) is 0 Å². The van der Waals surface area contributed by atoms with E-state index in [1.54, 1.807) is 24.3 Å². The zero-order valence-corrected chi connectivity index (χ0v) is 16.1. The van der Waals surface area contributed by atoms with Gasteiger partial charge in [-0.15, -0.1) is 12.4 Å². The molecule has 0 radical (unpaired) electrons. The fourth-order valence-corrected chi connectivity index (χ4v) is 3.50. The highest BCUT2D eigenvalue weighted by atomic mass is 35.5. The number of para-hydroxylation sites is 1. The van der Waals surface area contributed by atoms with Gasteiger partial charge in [0.05, 0.1) is 10.9 Å². The molecule has 1 heterocycles. The molecule has 1 aliphatic carbocycles. The third-order valence-corrected chi connectivity index (χ3v) is 4.93. The van der Waals surface area contributed by atoms with E-state index < -0.39 is 11.2 Å². The Labute approximate surface area is 164 Å². The Morgan fingerprint density at radius 1 is 1.07 bits per heavy atom. The van der Waals surface area contributed by atoms with E-state index in [9.17, 15) is 14.4 Å². The number of benzene rings is 1. The summed E-state index contributed by atoms with van der Waals surface area (Å²) in [5, 5.41) is 6.65. The zero-order valence-electron chi connectivity index (χ0n) is 15.3. The van der Waals surface area contributed by atoms with Gasteiger partial charge < -0.3 is 15.6 Å². The van der Waals surface area contributed by atoms with Gasteiger partial charge in [-0.2, -0.15) is 0 Å². The average Bonchev–Trinajstić information content (AvgIpc) is 2.91. The number of nitrogens with one attached hydrogen (secondary N) is 3. The number of hydrogen-bond donors (Lipinski definition) is 3. The van der Waals surface area contributed by atoms with E-state index in [-0.39, 0.29) is 24.9 Å². The largest absolute Gasteiger partial charge is 0.353 e. The molecule has 1 aromatic heterocycles. The van der Waals surface area contributed by atoms with Gasteiger partial charge in [-0.25, -0.2) is 4.79 Å². The second kappa shape index (κ2) is 10.3. The third kappa shape index (κ3) is 5.68. The van der Waals surface area contributed by atoms with Crippen LogP contribution in [0.5, 0.6) is 0 Å². The van der Waals surface area contributed by atoms with Gasteiger partial charge in [-0.05, 0) is 25.0 Å². The first-order valence-electron chi connectivity index (χ1n) is 9.37. The molecule has 2 aromatic rings. The Kier molecular flexibility index (Phi) is 8.06. The van der Waals surface area contributed by atoms with Gasteiger partial charge in [-0.3, -0.25) is 14.2 Å². The first-order valence-corrected chi connectivity index (χ1v) is 9.37. The second-order valence-electron chi connectivity index (χ2n) is 6.86. The minimum Gasteiger partial charge on any atom is -0.353 e. The van der Waals surface area contributed by atoms with Gasteiger partial charge in [0.1, 0.15) is 6.54 Å². The van der Waals surface area contributed by atoms with Crippen molar-refractivity contribution in [3.8, 4) is 0 Å². The van der Waals surface area contributed by atoms with Crippen LogP contribution < -0.4 is 21.9 Å². The molecule has 1 saturated carbocycles. The number of fused-ring (bicyclic) bond motifs is 1. The molecular weight excluding hydrogens is 368 g/mol. The SMILES string of the molecule is Cl.O=C(Cn1c(=O)[nH]c2ccccc2c1=O)NCCNC1CCCCCC1. The Balaban J connectivity index is 0.00000261. The number of hydrogen-bond acceptors (Lipinski definition) is 4. The summed E-state index contributed by atoms with van der Waals surface area (Å²) in [5.41, 5.74) is -0.539. The molecule has 0 spiro atoms. The predicted molar refractivity (Wildman–Crippen MR) is 109 cm³/mol. The van der Waals surface area contributed by atoms with Crippen molar-refractivity contribution in [3.63, 3.8) is 0 Å². The highest BCUT2D eigenvalue weighted by Crippen LogP contribution is 2.16. The summed E-state index contributed by atoms with van der Waals surface area (Å²) >= 11 is 0. The van der Waals surface area contributed by atoms with E-state index in [4.69, 9.17) is 0 Å². The van der Waals surface area contributed by atoms with Gasteiger partial charge in [0.25, 0.3) is 5.56 Å². The van der Waals surface area contributed by atoms with Crippen molar-refractivity contribution in [2.75, 3.05) is 13.1 Å². The van der Waals surface area contributed by atoms with Crippen LogP contribution in [0, 0.1) is 0 Å². The topological polar surface area (TPSA) is 96.0 Å². The van der Waals surface area contributed by atoms with Crippen LogP contribution in [-0.4, -0.2) is 34.6 Å². The first kappa shape index (κ1) is 21.2. The summed E-state index contributed by atoms with van der Waals surface area (Å²) in [6.45, 7) is 0.900. The van der Waals surface area contributed by atoms with Gasteiger partial charge in [-0.1, -0.05) is 37.8 Å². The molecule has 0 saturated heterocycles. The van der Waals surface area contributed by atoms with E-state index in [0.717, 1.165) is 4.57 Å². The van der Waals surface area contributed by atoms with Crippen LogP contribution in [0.25, 0.3) is 10.9 Å². The Bertz CT molecular complexity index is 869. The molecular formula is C19H27ClN4O3. The number of nitrogens with zero attached hydrogens (tertiary/aromatic N) is 1. The minimum absolute atomic E-state index is 0.